The van der Waals surface area contributed by atoms with Crippen LogP contribution in [0.25, 0.3) is 10.8 Å². The number of nitrogens with two attached hydrogens (primary N) is 1. The lowest BCUT2D eigenvalue weighted by Gasteiger charge is -2.26. The largest absolute Gasteiger partial charge is 0.318 e. The summed E-state index contributed by atoms with van der Waals surface area (Å²) in [6.07, 6.45) is 0. The Morgan fingerprint density at radius 1 is 0.865 bits per heavy atom. The zero-order valence-electron chi connectivity index (χ0n) is 20.7. The molecule has 4 aromatic rings. The molecule has 0 aromatic heterocycles. The van der Waals surface area contributed by atoms with Gasteiger partial charge in [0.15, 0.2) is 5.78 Å². The first-order chi connectivity index (χ1) is 17.3. The fraction of sp³-hybridized carbons (Fsp3) is 0.167. The lowest BCUT2D eigenvalue weighted by molar-refractivity contribution is -0.119. The molecule has 1 aliphatic rings. The predicted octanol–water partition coefficient (Wildman–Crippen LogP) is 5.29. The zero-order chi connectivity index (χ0) is 25.4. The molecule has 0 radical (unpaired) electrons. The highest BCUT2D eigenvalue weighted by Crippen LogP contribution is 2.36. The van der Waals surface area contributed by atoms with Crippen LogP contribution < -0.4 is 15.5 Å². The third-order valence-electron chi connectivity index (χ3n) is 6.80. The van der Waals surface area contributed by atoms with E-state index in [0.717, 1.165) is 21.9 Å². The molecule has 0 fully saturated rings. The number of hydrogen-bond acceptors (Lipinski definition) is 4. The van der Waals surface area contributed by atoms with E-state index in [1.807, 2.05) is 43.3 Å². The number of carbonyl (C=O) groups is 3. The number of nitrogens with zero attached hydrogens (tertiary/aromatic N) is 2. The number of hydrogen-bond donors (Lipinski definition) is 1. The minimum absolute atomic E-state index is 0. The summed E-state index contributed by atoms with van der Waals surface area (Å²) in [6.45, 7) is 3.91. The first-order valence-corrected chi connectivity index (χ1v) is 11.9. The van der Waals surface area contributed by atoms with Crippen LogP contribution in [-0.4, -0.2) is 30.2 Å². The van der Waals surface area contributed by atoms with Crippen molar-refractivity contribution >= 4 is 52.2 Å². The van der Waals surface area contributed by atoms with Gasteiger partial charge in [0.2, 0.25) is 5.91 Å². The monoisotopic (exact) mass is 513 g/mol. The number of amides is 2. The fourth-order valence-electron chi connectivity index (χ4n) is 4.78. The van der Waals surface area contributed by atoms with Crippen LogP contribution in [0.1, 0.15) is 38.8 Å². The van der Waals surface area contributed by atoms with Crippen LogP contribution in [0.15, 0.2) is 84.9 Å². The number of Topliss-reactive ketones (excluding diaryl/α,β-unsaturated/α-hetero) is 1. The Labute approximate surface area is 222 Å². The van der Waals surface area contributed by atoms with Gasteiger partial charge in [-0.15, -0.1) is 12.4 Å². The Bertz CT molecular complexity index is 1500. The second-order valence-corrected chi connectivity index (χ2v) is 9.15. The molecular weight excluding hydrogens is 486 g/mol. The van der Waals surface area contributed by atoms with E-state index in [1.54, 1.807) is 34.1 Å². The number of anilines is 2. The summed E-state index contributed by atoms with van der Waals surface area (Å²) in [7, 11) is 0. The Morgan fingerprint density at radius 2 is 1.49 bits per heavy atom. The molecule has 5 rings (SSSR count). The van der Waals surface area contributed by atoms with Crippen molar-refractivity contribution < 1.29 is 14.4 Å². The number of aryl methyl sites for hydroxylation is 1. The molecule has 188 valence electrons. The van der Waals surface area contributed by atoms with Crippen LogP contribution in [0.3, 0.4) is 0 Å². The van der Waals surface area contributed by atoms with Crippen molar-refractivity contribution in [1.82, 2.24) is 0 Å². The van der Waals surface area contributed by atoms with Crippen molar-refractivity contribution in [2.24, 2.45) is 5.73 Å². The lowest BCUT2D eigenvalue weighted by atomic mass is 9.99. The number of para-hydroxylation sites is 2. The van der Waals surface area contributed by atoms with E-state index in [9.17, 15) is 14.4 Å². The SMILES string of the molecule is CC(=O)c1ccc(C(=O)N2CC(N)C(=O)N(Cc3c(C)ccc4ccccc34)c3ccccc32)cc1.Cl. The maximum atomic E-state index is 13.6. The van der Waals surface area contributed by atoms with Gasteiger partial charge in [-0.3, -0.25) is 14.4 Å². The molecule has 1 atom stereocenters. The number of carbonyl (C=O) groups excluding carboxylic acids is 3. The van der Waals surface area contributed by atoms with Gasteiger partial charge in [-0.2, -0.15) is 0 Å². The molecule has 7 heteroatoms. The van der Waals surface area contributed by atoms with Gasteiger partial charge in [-0.05, 0) is 60.0 Å². The van der Waals surface area contributed by atoms with Crippen LogP contribution in [-0.2, 0) is 11.3 Å². The van der Waals surface area contributed by atoms with Gasteiger partial charge in [0.05, 0.1) is 24.5 Å². The molecule has 1 aliphatic heterocycles. The lowest BCUT2D eigenvalue weighted by Crippen LogP contribution is -2.48. The summed E-state index contributed by atoms with van der Waals surface area (Å²) in [6, 6.07) is 25.3. The first kappa shape index (κ1) is 26.1. The summed E-state index contributed by atoms with van der Waals surface area (Å²) in [5.74, 6) is -0.581. The van der Waals surface area contributed by atoms with E-state index in [2.05, 4.69) is 24.3 Å². The fourth-order valence-corrected chi connectivity index (χ4v) is 4.78. The second-order valence-electron chi connectivity index (χ2n) is 9.15. The molecule has 1 heterocycles. The Morgan fingerprint density at radius 3 is 2.19 bits per heavy atom. The second kappa shape index (κ2) is 10.5. The van der Waals surface area contributed by atoms with Gasteiger partial charge in [0.25, 0.3) is 5.91 Å². The van der Waals surface area contributed by atoms with Crippen LogP contribution >= 0.6 is 12.4 Å². The molecular formula is C30H28ClN3O3. The minimum atomic E-state index is -0.895. The Hall–Kier alpha value is -4.00. The normalized spacial score (nSPS) is 15.1. The Kier molecular flexibility index (Phi) is 7.43. The van der Waals surface area contributed by atoms with Gasteiger partial charge in [0.1, 0.15) is 6.04 Å². The zero-order valence-corrected chi connectivity index (χ0v) is 21.5. The Balaban J connectivity index is 0.00000320. The van der Waals surface area contributed by atoms with Crippen LogP contribution in [0.5, 0.6) is 0 Å². The number of rotatable bonds is 4. The highest BCUT2D eigenvalue weighted by molar-refractivity contribution is 6.12. The number of halogens is 1. The summed E-state index contributed by atoms with van der Waals surface area (Å²) < 4.78 is 0. The predicted molar refractivity (Wildman–Crippen MR) is 150 cm³/mol. The molecule has 2 amide bonds. The smallest absolute Gasteiger partial charge is 0.258 e. The quantitative estimate of drug-likeness (QED) is 0.376. The van der Waals surface area contributed by atoms with Crippen LogP contribution in [0.2, 0.25) is 0 Å². The van der Waals surface area contributed by atoms with E-state index in [-0.39, 0.29) is 36.5 Å². The minimum Gasteiger partial charge on any atom is -0.318 e. The van der Waals surface area contributed by atoms with Crippen molar-refractivity contribution in [3.63, 3.8) is 0 Å². The van der Waals surface area contributed by atoms with Gasteiger partial charge in [0, 0.05) is 11.1 Å². The highest BCUT2D eigenvalue weighted by atomic mass is 35.5. The third-order valence-corrected chi connectivity index (χ3v) is 6.80. The molecule has 0 saturated carbocycles. The molecule has 6 nitrogen and oxygen atoms in total. The number of benzene rings is 4. The van der Waals surface area contributed by atoms with Crippen molar-refractivity contribution in [2.45, 2.75) is 26.4 Å². The number of fused-ring (bicyclic) bond motifs is 2. The topological polar surface area (TPSA) is 83.7 Å². The van der Waals surface area contributed by atoms with E-state index in [4.69, 9.17) is 5.73 Å². The summed E-state index contributed by atoms with van der Waals surface area (Å²) in [5, 5.41) is 2.18. The molecule has 0 spiro atoms. The van der Waals surface area contributed by atoms with Gasteiger partial charge in [-0.25, -0.2) is 0 Å². The van der Waals surface area contributed by atoms with Crippen molar-refractivity contribution in [3.05, 3.63) is 107 Å². The molecule has 0 bridgehead atoms. The first-order valence-electron chi connectivity index (χ1n) is 11.9. The maximum absolute atomic E-state index is 13.6. The van der Waals surface area contributed by atoms with E-state index < -0.39 is 6.04 Å². The molecule has 37 heavy (non-hydrogen) atoms. The van der Waals surface area contributed by atoms with Gasteiger partial charge >= 0.3 is 0 Å². The maximum Gasteiger partial charge on any atom is 0.258 e. The number of ketones is 1. The van der Waals surface area contributed by atoms with Crippen LogP contribution in [0.4, 0.5) is 11.4 Å². The van der Waals surface area contributed by atoms with E-state index >= 15 is 0 Å². The summed E-state index contributed by atoms with van der Waals surface area (Å²) in [4.78, 5) is 42.1. The summed E-state index contributed by atoms with van der Waals surface area (Å²) in [5.41, 5.74) is 10.7. The average Bonchev–Trinajstić information content (AvgIpc) is 3.00. The molecule has 2 N–H and O–H groups in total. The molecule has 1 unspecified atom stereocenters. The highest BCUT2D eigenvalue weighted by Gasteiger charge is 2.34. The van der Waals surface area contributed by atoms with Crippen molar-refractivity contribution in [3.8, 4) is 0 Å². The molecule has 4 aromatic carbocycles. The summed E-state index contributed by atoms with van der Waals surface area (Å²) >= 11 is 0. The van der Waals surface area contributed by atoms with Gasteiger partial charge < -0.3 is 15.5 Å². The average molecular weight is 514 g/mol. The molecule has 0 saturated heterocycles. The van der Waals surface area contributed by atoms with Gasteiger partial charge in [-0.1, -0.05) is 60.7 Å². The van der Waals surface area contributed by atoms with E-state index in [1.165, 1.54) is 6.92 Å². The standard InChI is InChI=1S/C30H27N3O3.ClH/c1-19-11-12-22-7-3-4-8-24(22)25(19)17-32-27-9-5-6-10-28(27)33(18-26(31)30(32)36)29(35)23-15-13-21(14-16-23)20(2)34;/h3-16,26H,17-18,31H2,1-2H3;1H. The third kappa shape index (κ3) is 4.86. The molecule has 0 aliphatic carbocycles. The van der Waals surface area contributed by atoms with E-state index in [0.29, 0.717) is 29.0 Å². The van der Waals surface area contributed by atoms with Crippen molar-refractivity contribution in [2.75, 3.05) is 16.3 Å². The van der Waals surface area contributed by atoms with Crippen LogP contribution in [0, 0.1) is 6.92 Å². The van der Waals surface area contributed by atoms with Crippen molar-refractivity contribution in [1.29, 1.82) is 0 Å².